The number of carbonyl (C=O) groups is 1. The van der Waals surface area contributed by atoms with Crippen molar-refractivity contribution in [3.05, 3.63) is 0 Å². The molecule has 2 heteroatoms. The van der Waals surface area contributed by atoms with Crippen LogP contribution in [0.25, 0.3) is 0 Å². The molecular weight excluding hydrogens is 176 g/mol. The molecule has 1 spiro atoms. The van der Waals surface area contributed by atoms with Gasteiger partial charge in [-0.05, 0) is 31.6 Å². The Hall–Kier alpha value is -0.530. The molecule has 2 rings (SSSR count). The molecule has 80 valence electrons. The van der Waals surface area contributed by atoms with Crippen LogP contribution >= 0.6 is 0 Å². The van der Waals surface area contributed by atoms with Crippen LogP contribution < -0.4 is 0 Å². The Morgan fingerprint density at radius 2 is 2.14 bits per heavy atom. The van der Waals surface area contributed by atoms with Gasteiger partial charge < -0.3 is 4.74 Å². The molecule has 1 saturated heterocycles. The normalized spacial score (nSPS) is 37.9. The summed E-state index contributed by atoms with van der Waals surface area (Å²) in [6, 6.07) is 0. The molecular formula is C12H20O2. The van der Waals surface area contributed by atoms with Crippen LogP contribution in [-0.4, -0.2) is 11.6 Å². The second kappa shape index (κ2) is 3.56. The molecule has 14 heavy (non-hydrogen) atoms. The SMILES string of the molecule is CC(C)C1CCCCC12CCC(=O)O2. The maximum absolute atomic E-state index is 11.3. The van der Waals surface area contributed by atoms with Gasteiger partial charge in [-0.3, -0.25) is 4.79 Å². The lowest BCUT2D eigenvalue weighted by atomic mass is 9.69. The first-order chi connectivity index (χ1) is 6.64. The predicted octanol–water partition coefficient (Wildman–Crippen LogP) is 2.91. The van der Waals surface area contributed by atoms with Crippen LogP contribution in [0.4, 0.5) is 0 Å². The molecule has 0 radical (unpaired) electrons. The average molecular weight is 196 g/mol. The molecule has 2 atom stereocenters. The number of hydrogen-bond acceptors (Lipinski definition) is 2. The summed E-state index contributed by atoms with van der Waals surface area (Å²) in [6.45, 7) is 4.51. The molecule has 0 bridgehead atoms. The number of carbonyl (C=O) groups excluding carboxylic acids is 1. The number of rotatable bonds is 1. The molecule has 0 N–H and O–H groups in total. The minimum absolute atomic E-state index is 0.0255. The molecule has 0 amide bonds. The first-order valence-corrected chi connectivity index (χ1v) is 5.86. The van der Waals surface area contributed by atoms with E-state index in [1.54, 1.807) is 0 Å². The topological polar surface area (TPSA) is 26.3 Å². The maximum atomic E-state index is 11.3. The minimum Gasteiger partial charge on any atom is -0.459 e. The fraction of sp³-hybridized carbons (Fsp3) is 0.917. The third-order valence-electron chi connectivity index (χ3n) is 3.91. The van der Waals surface area contributed by atoms with E-state index in [4.69, 9.17) is 4.74 Å². The Morgan fingerprint density at radius 3 is 2.71 bits per heavy atom. The lowest BCUT2D eigenvalue weighted by molar-refractivity contribution is -0.158. The number of hydrogen-bond donors (Lipinski definition) is 0. The van der Waals surface area contributed by atoms with Gasteiger partial charge in [-0.15, -0.1) is 0 Å². The van der Waals surface area contributed by atoms with Gasteiger partial charge in [0.15, 0.2) is 0 Å². The fourth-order valence-corrected chi connectivity index (χ4v) is 3.26. The van der Waals surface area contributed by atoms with E-state index in [0.29, 0.717) is 18.3 Å². The van der Waals surface area contributed by atoms with E-state index in [2.05, 4.69) is 13.8 Å². The monoisotopic (exact) mass is 196 g/mol. The van der Waals surface area contributed by atoms with Gasteiger partial charge in [0.2, 0.25) is 0 Å². The second-order valence-electron chi connectivity index (χ2n) is 5.14. The van der Waals surface area contributed by atoms with Crippen molar-refractivity contribution in [1.29, 1.82) is 0 Å². The zero-order valence-corrected chi connectivity index (χ0v) is 9.21. The van der Waals surface area contributed by atoms with E-state index < -0.39 is 0 Å². The highest BCUT2D eigenvalue weighted by molar-refractivity contribution is 5.72. The third-order valence-corrected chi connectivity index (χ3v) is 3.91. The predicted molar refractivity (Wildman–Crippen MR) is 54.9 cm³/mol. The van der Waals surface area contributed by atoms with Crippen LogP contribution in [0.5, 0.6) is 0 Å². The van der Waals surface area contributed by atoms with Gasteiger partial charge in [-0.2, -0.15) is 0 Å². The molecule has 2 aliphatic rings. The highest BCUT2D eigenvalue weighted by Crippen LogP contribution is 2.46. The Morgan fingerprint density at radius 1 is 1.36 bits per heavy atom. The highest BCUT2D eigenvalue weighted by atomic mass is 16.6. The van der Waals surface area contributed by atoms with Gasteiger partial charge in [0.05, 0.1) is 0 Å². The van der Waals surface area contributed by atoms with Crippen LogP contribution in [0.3, 0.4) is 0 Å². The lowest BCUT2D eigenvalue weighted by Gasteiger charge is -2.42. The van der Waals surface area contributed by atoms with Gasteiger partial charge in [-0.1, -0.05) is 20.3 Å². The molecule has 0 aromatic heterocycles. The van der Waals surface area contributed by atoms with Gasteiger partial charge >= 0.3 is 5.97 Å². The zero-order valence-electron chi connectivity index (χ0n) is 9.21. The fourth-order valence-electron chi connectivity index (χ4n) is 3.26. The standard InChI is InChI=1S/C12H20O2/c1-9(2)10-5-3-4-7-12(10)8-6-11(13)14-12/h9-10H,3-8H2,1-2H3. The number of ether oxygens (including phenoxy) is 1. The van der Waals surface area contributed by atoms with Crippen molar-refractivity contribution in [2.45, 2.75) is 58.0 Å². The van der Waals surface area contributed by atoms with E-state index in [1.807, 2.05) is 0 Å². The minimum atomic E-state index is -0.0660. The summed E-state index contributed by atoms with van der Waals surface area (Å²) >= 11 is 0. The second-order valence-corrected chi connectivity index (χ2v) is 5.14. The van der Waals surface area contributed by atoms with Crippen LogP contribution in [0.2, 0.25) is 0 Å². The summed E-state index contributed by atoms with van der Waals surface area (Å²) in [7, 11) is 0. The molecule has 2 fully saturated rings. The van der Waals surface area contributed by atoms with E-state index in [0.717, 1.165) is 12.8 Å². The van der Waals surface area contributed by atoms with Crippen LogP contribution in [0, 0.1) is 11.8 Å². The Kier molecular flexibility index (Phi) is 2.54. The third kappa shape index (κ3) is 1.55. The van der Waals surface area contributed by atoms with Crippen molar-refractivity contribution in [1.82, 2.24) is 0 Å². The first-order valence-electron chi connectivity index (χ1n) is 5.86. The molecule has 0 aromatic rings. The van der Waals surface area contributed by atoms with E-state index in [9.17, 15) is 4.79 Å². The molecule has 1 heterocycles. The summed E-state index contributed by atoms with van der Waals surface area (Å²) < 4.78 is 5.62. The van der Waals surface area contributed by atoms with Crippen molar-refractivity contribution in [3.8, 4) is 0 Å². The number of esters is 1. The quantitative estimate of drug-likeness (QED) is 0.603. The molecule has 0 aromatic carbocycles. The Bertz CT molecular complexity index is 234. The molecule has 1 aliphatic heterocycles. The van der Waals surface area contributed by atoms with Crippen molar-refractivity contribution < 1.29 is 9.53 Å². The summed E-state index contributed by atoms with van der Waals surface area (Å²) in [5.41, 5.74) is -0.0660. The van der Waals surface area contributed by atoms with Crippen molar-refractivity contribution >= 4 is 5.97 Å². The van der Waals surface area contributed by atoms with E-state index in [-0.39, 0.29) is 11.6 Å². The smallest absolute Gasteiger partial charge is 0.306 e. The Balaban J connectivity index is 2.17. The van der Waals surface area contributed by atoms with Crippen LogP contribution in [0.15, 0.2) is 0 Å². The molecule has 1 aliphatic carbocycles. The zero-order chi connectivity index (χ0) is 10.2. The van der Waals surface area contributed by atoms with Crippen molar-refractivity contribution in [3.63, 3.8) is 0 Å². The average Bonchev–Trinajstić information content (AvgIpc) is 2.48. The summed E-state index contributed by atoms with van der Waals surface area (Å²) in [5, 5.41) is 0. The highest BCUT2D eigenvalue weighted by Gasteiger charge is 2.48. The van der Waals surface area contributed by atoms with E-state index in [1.165, 1.54) is 19.3 Å². The van der Waals surface area contributed by atoms with Crippen molar-refractivity contribution in [2.24, 2.45) is 11.8 Å². The summed E-state index contributed by atoms with van der Waals surface area (Å²) in [6.07, 6.45) is 6.49. The summed E-state index contributed by atoms with van der Waals surface area (Å²) in [5.74, 6) is 1.27. The van der Waals surface area contributed by atoms with Gasteiger partial charge in [0.1, 0.15) is 5.60 Å². The van der Waals surface area contributed by atoms with Gasteiger partial charge in [-0.25, -0.2) is 0 Å². The molecule has 2 unspecified atom stereocenters. The van der Waals surface area contributed by atoms with E-state index >= 15 is 0 Å². The largest absolute Gasteiger partial charge is 0.459 e. The van der Waals surface area contributed by atoms with Crippen LogP contribution in [-0.2, 0) is 9.53 Å². The van der Waals surface area contributed by atoms with Crippen LogP contribution in [0.1, 0.15) is 52.4 Å². The first kappa shape index (κ1) is 10.0. The van der Waals surface area contributed by atoms with Crippen molar-refractivity contribution in [2.75, 3.05) is 0 Å². The maximum Gasteiger partial charge on any atom is 0.306 e. The van der Waals surface area contributed by atoms with Gasteiger partial charge in [0, 0.05) is 12.3 Å². The molecule has 2 nitrogen and oxygen atoms in total. The summed E-state index contributed by atoms with van der Waals surface area (Å²) in [4.78, 5) is 11.3. The lowest BCUT2D eigenvalue weighted by Crippen LogP contribution is -2.43. The molecule has 1 saturated carbocycles. The van der Waals surface area contributed by atoms with Gasteiger partial charge in [0.25, 0.3) is 0 Å². The Labute approximate surface area is 86.0 Å².